The van der Waals surface area contributed by atoms with Crippen molar-refractivity contribution in [1.29, 1.82) is 0 Å². The van der Waals surface area contributed by atoms with Gasteiger partial charge in [0.15, 0.2) is 0 Å². The number of nitrogens with one attached hydrogen (secondary N) is 1. The molecule has 1 aromatic rings. The molecule has 0 aromatic carbocycles. The fourth-order valence-corrected chi connectivity index (χ4v) is 2.23. The van der Waals surface area contributed by atoms with Crippen LogP contribution in [0.2, 0.25) is 0 Å². The van der Waals surface area contributed by atoms with Gasteiger partial charge < -0.3 is 10.1 Å². The van der Waals surface area contributed by atoms with Crippen LogP contribution in [0.3, 0.4) is 0 Å². The molecule has 0 saturated heterocycles. The van der Waals surface area contributed by atoms with Gasteiger partial charge in [0.2, 0.25) is 5.91 Å². The van der Waals surface area contributed by atoms with Gasteiger partial charge in [-0.2, -0.15) is 0 Å². The molecule has 0 unspecified atom stereocenters. The predicted octanol–water partition coefficient (Wildman–Crippen LogP) is 1.84. The Labute approximate surface area is 117 Å². The molecule has 0 spiro atoms. The highest BCUT2D eigenvalue weighted by molar-refractivity contribution is 7.09. The molecule has 106 valence electrons. The van der Waals surface area contributed by atoms with Gasteiger partial charge in [0.25, 0.3) is 0 Å². The molecule has 1 rings (SSSR count). The largest absolute Gasteiger partial charge is 0.469 e. The summed E-state index contributed by atoms with van der Waals surface area (Å²) in [5.41, 5.74) is 0.825. The lowest BCUT2D eigenvalue weighted by Gasteiger charge is -2.04. The van der Waals surface area contributed by atoms with Gasteiger partial charge in [-0.3, -0.25) is 9.59 Å². The highest BCUT2D eigenvalue weighted by Crippen LogP contribution is 2.08. The first-order valence-electron chi connectivity index (χ1n) is 6.36. The van der Waals surface area contributed by atoms with E-state index >= 15 is 0 Å². The summed E-state index contributed by atoms with van der Waals surface area (Å²) in [5, 5.41) is 5.74. The van der Waals surface area contributed by atoms with Crippen molar-refractivity contribution in [2.24, 2.45) is 0 Å². The molecule has 0 aliphatic carbocycles. The summed E-state index contributed by atoms with van der Waals surface area (Å²) in [5.74, 6) is -0.179. The van der Waals surface area contributed by atoms with Crippen molar-refractivity contribution >= 4 is 23.2 Å². The maximum atomic E-state index is 11.6. The minimum Gasteiger partial charge on any atom is -0.469 e. The number of unbranched alkanes of at least 4 members (excludes halogenated alkanes) is 2. The van der Waals surface area contributed by atoms with Crippen molar-refractivity contribution in [2.75, 3.05) is 13.7 Å². The minimum atomic E-state index is -0.178. The summed E-state index contributed by atoms with van der Waals surface area (Å²) in [6, 6.07) is 0. The van der Waals surface area contributed by atoms with Crippen molar-refractivity contribution in [2.45, 2.75) is 39.0 Å². The first-order chi connectivity index (χ1) is 9.11. The fraction of sp³-hybridized carbons (Fsp3) is 0.615. The Balaban J connectivity index is 2.03. The Kier molecular flexibility index (Phi) is 7.10. The van der Waals surface area contributed by atoms with Crippen LogP contribution >= 0.6 is 11.3 Å². The number of amides is 1. The summed E-state index contributed by atoms with van der Waals surface area (Å²) < 4.78 is 4.55. The van der Waals surface area contributed by atoms with Crippen molar-refractivity contribution in [3.63, 3.8) is 0 Å². The van der Waals surface area contributed by atoms with E-state index in [1.54, 1.807) is 11.3 Å². The zero-order chi connectivity index (χ0) is 14.1. The number of hydrogen-bond acceptors (Lipinski definition) is 5. The number of esters is 1. The number of thiazole rings is 1. The van der Waals surface area contributed by atoms with E-state index < -0.39 is 0 Å². The van der Waals surface area contributed by atoms with Gasteiger partial charge in [-0.1, -0.05) is 6.42 Å². The van der Waals surface area contributed by atoms with Crippen molar-refractivity contribution < 1.29 is 14.3 Å². The Bertz CT molecular complexity index is 418. The average Bonchev–Trinajstić information content (AvgIpc) is 2.78. The molecule has 1 aromatic heterocycles. The van der Waals surface area contributed by atoms with Crippen LogP contribution in [-0.4, -0.2) is 30.5 Å². The summed E-state index contributed by atoms with van der Waals surface area (Å²) in [4.78, 5) is 26.7. The highest BCUT2D eigenvalue weighted by atomic mass is 32.1. The molecule has 19 heavy (non-hydrogen) atoms. The minimum absolute atomic E-state index is 0.00160. The molecule has 0 bridgehead atoms. The molecule has 5 nitrogen and oxygen atoms in total. The lowest BCUT2D eigenvalue weighted by Crippen LogP contribution is -2.26. The van der Waals surface area contributed by atoms with E-state index in [0.29, 0.717) is 19.4 Å². The van der Waals surface area contributed by atoms with E-state index in [1.807, 2.05) is 12.3 Å². The number of methoxy groups -OCH3 is 1. The van der Waals surface area contributed by atoms with E-state index in [9.17, 15) is 9.59 Å². The molecule has 0 atom stereocenters. The third-order valence-electron chi connectivity index (χ3n) is 2.62. The highest BCUT2D eigenvalue weighted by Gasteiger charge is 2.05. The SMILES string of the molecule is COC(=O)CCCCCNC(=O)Cc1csc(C)n1. The third-order valence-corrected chi connectivity index (χ3v) is 3.44. The van der Waals surface area contributed by atoms with Crippen LogP contribution in [0.1, 0.15) is 36.4 Å². The van der Waals surface area contributed by atoms with Crippen LogP contribution in [-0.2, 0) is 20.7 Å². The van der Waals surface area contributed by atoms with Gasteiger partial charge in [0.1, 0.15) is 0 Å². The normalized spacial score (nSPS) is 10.2. The zero-order valence-corrected chi connectivity index (χ0v) is 12.2. The van der Waals surface area contributed by atoms with Crippen LogP contribution in [0, 0.1) is 6.92 Å². The molecule has 0 radical (unpaired) electrons. The van der Waals surface area contributed by atoms with E-state index in [1.165, 1.54) is 7.11 Å². The lowest BCUT2D eigenvalue weighted by atomic mass is 10.2. The van der Waals surface area contributed by atoms with E-state index in [4.69, 9.17) is 0 Å². The van der Waals surface area contributed by atoms with Crippen molar-refractivity contribution in [3.05, 3.63) is 16.1 Å². The summed E-state index contributed by atoms with van der Waals surface area (Å²) in [6.45, 7) is 2.57. The molecule has 0 saturated carbocycles. The van der Waals surface area contributed by atoms with Gasteiger partial charge in [0.05, 0.1) is 24.2 Å². The van der Waals surface area contributed by atoms with Crippen LogP contribution in [0.15, 0.2) is 5.38 Å². The summed E-state index contributed by atoms with van der Waals surface area (Å²) >= 11 is 1.55. The molecule has 1 N–H and O–H groups in total. The standard InChI is InChI=1S/C13H20N2O3S/c1-10-15-11(9-19-10)8-12(16)14-7-5-3-4-6-13(17)18-2/h9H,3-8H2,1-2H3,(H,14,16). The molecular formula is C13H20N2O3S. The number of carbonyl (C=O) groups is 2. The zero-order valence-electron chi connectivity index (χ0n) is 11.4. The number of ether oxygens (including phenoxy) is 1. The Morgan fingerprint density at radius 2 is 2.16 bits per heavy atom. The second-order valence-corrected chi connectivity index (χ2v) is 5.33. The number of nitrogens with zero attached hydrogens (tertiary/aromatic N) is 1. The molecule has 6 heteroatoms. The van der Waals surface area contributed by atoms with Crippen LogP contribution in [0.5, 0.6) is 0 Å². The van der Waals surface area contributed by atoms with E-state index in [-0.39, 0.29) is 11.9 Å². The third kappa shape index (κ3) is 6.91. The van der Waals surface area contributed by atoms with Crippen LogP contribution in [0.4, 0.5) is 0 Å². The first-order valence-corrected chi connectivity index (χ1v) is 7.24. The topological polar surface area (TPSA) is 68.3 Å². The molecule has 0 aliphatic rings. The van der Waals surface area contributed by atoms with E-state index in [0.717, 1.165) is 30.0 Å². The maximum Gasteiger partial charge on any atom is 0.305 e. The van der Waals surface area contributed by atoms with Crippen molar-refractivity contribution in [1.82, 2.24) is 10.3 Å². The number of aryl methyl sites for hydroxylation is 1. The second kappa shape index (κ2) is 8.63. The van der Waals surface area contributed by atoms with Gasteiger partial charge in [-0.05, 0) is 19.8 Å². The number of carbonyl (C=O) groups excluding carboxylic acids is 2. The summed E-state index contributed by atoms with van der Waals surface area (Å²) in [7, 11) is 1.39. The van der Waals surface area contributed by atoms with Crippen LogP contribution in [0.25, 0.3) is 0 Å². The summed E-state index contributed by atoms with van der Waals surface area (Å²) in [6.07, 6.45) is 3.37. The predicted molar refractivity (Wildman–Crippen MR) is 74.0 cm³/mol. The van der Waals surface area contributed by atoms with Crippen LogP contribution < -0.4 is 5.32 Å². The number of aromatic nitrogens is 1. The van der Waals surface area contributed by atoms with E-state index in [2.05, 4.69) is 15.0 Å². The smallest absolute Gasteiger partial charge is 0.305 e. The Hall–Kier alpha value is -1.43. The average molecular weight is 284 g/mol. The molecule has 0 fully saturated rings. The quantitative estimate of drug-likeness (QED) is 0.584. The number of hydrogen-bond donors (Lipinski definition) is 1. The second-order valence-electron chi connectivity index (χ2n) is 4.27. The van der Waals surface area contributed by atoms with Crippen molar-refractivity contribution in [3.8, 4) is 0 Å². The molecule has 1 amide bonds. The van der Waals surface area contributed by atoms with Gasteiger partial charge in [-0.25, -0.2) is 4.98 Å². The lowest BCUT2D eigenvalue weighted by molar-refractivity contribution is -0.140. The number of rotatable bonds is 8. The molecule has 1 heterocycles. The Morgan fingerprint density at radius 3 is 2.79 bits per heavy atom. The molecule has 0 aliphatic heterocycles. The molecular weight excluding hydrogens is 264 g/mol. The fourth-order valence-electron chi connectivity index (χ4n) is 1.62. The first kappa shape index (κ1) is 15.6. The van der Waals surface area contributed by atoms with Gasteiger partial charge in [0, 0.05) is 18.3 Å². The van der Waals surface area contributed by atoms with Gasteiger partial charge >= 0.3 is 5.97 Å². The monoisotopic (exact) mass is 284 g/mol. The van der Waals surface area contributed by atoms with Gasteiger partial charge in [-0.15, -0.1) is 11.3 Å². The Morgan fingerprint density at radius 1 is 1.37 bits per heavy atom. The maximum absolute atomic E-state index is 11.6.